The SMILES string of the molecule is NCCNc1ncccc1CNC(=O)c1ccc(-c2cn[nH]c2)nc1NCCc1cccc(F)c1. The Bertz CT molecular complexity index is 1260. The summed E-state index contributed by atoms with van der Waals surface area (Å²) in [6, 6.07) is 13.7. The Morgan fingerprint density at radius 2 is 1.94 bits per heavy atom. The predicted molar refractivity (Wildman–Crippen MR) is 133 cm³/mol. The number of halogens is 1. The molecule has 0 aliphatic carbocycles. The molecular weight excluding hydrogens is 447 g/mol. The number of amides is 1. The molecule has 0 spiro atoms. The zero-order valence-corrected chi connectivity index (χ0v) is 19.1. The van der Waals surface area contributed by atoms with E-state index in [-0.39, 0.29) is 18.3 Å². The van der Waals surface area contributed by atoms with Gasteiger partial charge in [-0.25, -0.2) is 14.4 Å². The first-order valence-corrected chi connectivity index (χ1v) is 11.3. The van der Waals surface area contributed by atoms with E-state index < -0.39 is 0 Å². The third kappa shape index (κ3) is 6.39. The average molecular weight is 475 g/mol. The topological polar surface area (TPSA) is 134 Å². The first kappa shape index (κ1) is 23.8. The predicted octanol–water partition coefficient (Wildman–Crippen LogP) is 2.96. The molecule has 6 N–H and O–H groups in total. The van der Waals surface area contributed by atoms with E-state index in [4.69, 9.17) is 5.73 Å². The van der Waals surface area contributed by atoms with Gasteiger partial charge in [-0.05, 0) is 42.3 Å². The minimum atomic E-state index is -0.280. The molecule has 3 heterocycles. The van der Waals surface area contributed by atoms with Gasteiger partial charge in [0, 0.05) is 49.7 Å². The molecule has 4 rings (SSSR count). The average Bonchev–Trinajstić information content (AvgIpc) is 3.42. The zero-order valence-electron chi connectivity index (χ0n) is 19.1. The van der Waals surface area contributed by atoms with E-state index >= 15 is 0 Å². The number of nitrogens with two attached hydrogens (primary N) is 1. The number of carbonyl (C=O) groups is 1. The summed E-state index contributed by atoms with van der Waals surface area (Å²) in [5.41, 5.74) is 9.14. The molecular formula is C25H27FN8O. The van der Waals surface area contributed by atoms with E-state index in [0.717, 1.165) is 16.7 Å². The van der Waals surface area contributed by atoms with Crippen molar-refractivity contribution >= 4 is 17.5 Å². The smallest absolute Gasteiger partial charge is 0.255 e. The second-order valence-corrected chi connectivity index (χ2v) is 7.80. The molecule has 0 saturated heterocycles. The minimum Gasteiger partial charge on any atom is -0.369 e. The number of pyridine rings is 2. The molecule has 0 bridgehead atoms. The van der Waals surface area contributed by atoms with Crippen molar-refractivity contribution < 1.29 is 9.18 Å². The monoisotopic (exact) mass is 474 g/mol. The summed E-state index contributed by atoms with van der Waals surface area (Å²) < 4.78 is 13.5. The van der Waals surface area contributed by atoms with Crippen molar-refractivity contribution in [2.24, 2.45) is 5.73 Å². The molecule has 3 aromatic heterocycles. The lowest BCUT2D eigenvalue weighted by Crippen LogP contribution is -2.25. The van der Waals surface area contributed by atoms with E-state index in [9.17, 15) is 9.18 Å². The maximum atomic E-state index is 13.5. The number of aromatic nitrogens is 4. The largest absolute Gasteiger partial charge is 0.369 e. The van der Waals surface area contributed by atoms with Gasteiger partial charge >= 0.3 is 0 Å². The summed E-state index contributed by atoms with van der Waals surface area (Å²) in [5, 5.41) is 16.1. The normalized spacial score (nSPS) is 10.7. The van der Waals surface area contributed by atoms with Gasteiger partial charge in [0.15, 0.2) is 0 Å². The highest BCUT2D eigenvalue weighted by Gasteiger charge is 2.15. The summed E-state index contributed by atoms with van der Waals surface area (Å²) in [5.74, 6) is 0.557. The molecule has 4 aromatic rings. The number of nitrogens with zero attached hydrogens (tertiary/aromatic N) is 3. The summed E-state index contributed by atoms with van der Waals surface area (Å²) in [6.07, 6.45) is 5.65. The van der Waals surface area contributed by atoms with Crippen molar-refractivity contribution in [3.05, 3.63) is 89.6 Å². The van der Waals surface area contributed by atoms with Crippen molar-refractivity contribution in [3.63, 3.8) is 0 Å². The van der Waals surface area contributed by atoms with Crippen LogP contribution in [0.3, 0.4) is 0 Å². The first-order valence-electron chi connectivity index (χ1n) is 11.3. The molecule has 10 heteroatoms. The van der Waals surface area contributed by atoms with Crippen molar-refractivity contribution in [1.29, 1.82) is 0 Å². The van der Waals surface area contributed by atoms with Crippen LogP contribution in [0.1, 0.15) is 21.5 Å². The van der Waals surface area contributed by atoms with Gasteiger partial charge in [0.1, 0.15) is 17.5 Å². The Labute approximate surface area is 202 Å². The number of hydrogen-bond acceptors (Lipinski definition) is 7. The van der Waals surface area contributed by atoms with Crippen LogP contribution in [0.25, 0.3) is 11.3 Å². The van der Waals surface area contributed by atoms with Gasteiger partial charge in [0.2, 0.25) is 0 Å². The molecule has 0 atom stereocenters. The van der Waals surface area contributed by atoms with Crippen molar-refractivity contribution in [2.45, 2.75) is 13.0 Å². The number of H-pyrrole nitrogens is 1. The van der Waals surface area contributed by atoms with Gasteiger partial charge < -0.3 is 21.7 Å². The van der Waals surface area contributed by atoms with Crippen molar-refractivity contribution in [1.82, 2.24) is 25.5 Å². The number of hydrogen-bond donors (Lipinski definition) is 5. The number of benzene rings is 1. The third-order valence-corrected chi connectivity index (χ3v) is 5.30. The molecule has 9 nitrogen and oxygen atoms in total. The molecule has 0 radical (unpaired) electrons. The van der Waals surface area contributed by atoms with Crippen molar-refractivity contribution in [3.8, 4) is 11.3 Å². The zero-order chi connectivity index (χ0) is 24.5. The van der Waals surface area contributed by atoms with Crippen LogP contribution in [0.5, 0.6) is 0 Å². The van der Waals surface area contributed by atoms with Gasteiger partial charge in [0.05, 0.1) is 17.5 Å². The number of nitrogens with one attached hydrogen (secondary N) is 4. The number of aromatic amines is 1. The van der Waals surface area contributed by atoms with E-state index in [1.54, 1.807) is 36.8 Å². The Balaban J connectivity index is 1.50. The summed E-state index contributed by atoms with van der Waals surface area (Å²) >= 11 is 0. The third-order valence-electron chi connectivity index (χ3n) is 5.30. The second-order valence-electron chi connectivity index (χ2n) is 7.80. The lowest BCUT2D eigenvalue weighted by molar-refractivity contribution is 0.0951. The van der Waals surface area contributed by atoms with Crippen LogP contribution in [-0.4, -0.2) is 45.7 Å². The molecule has 0 fully saturated rings. The highest BCUT2D eigenvalue weighted by atomic mass is 19.1. The second kappa shape index (κ2) is 11.7. The highest BCUT2D eigenvalue weighted by molar-refractivity contribution is 5.99. The minimum absolute atomic E-state index is 0.279. The molecule has 35 heavy (non-hydrogen) atoms. The Morgan fingerprint density at radius 1 is 1.06 bits per heavy atom. The molecule has 0 saturated carbocycles. The van der Waals surface area contributed by atoms with Crippen molar-refractivity contribution in [2.75, 3.05) is 30.3 Å². The molecule has 180 valence electrons. The van der Waals surface area contributed by atoms with E-state index in [2.05, 4.69) is 36.1 Å². The van der Waals surface area contributed by atoms with Crippen LogP contribution >= 0.6 is 0 Å². The Hall–Kier alpha value is -4.31. The maximum Gasteiger partial charge on any atom is 0.255 e. The fraction of sp³-hybridized carbons (Fsp3) is 0.200. The van der Waals surface area contributed by atoms with Crippen LogP contribution in [0.4, 0.5) is 16.0 Å². The van der Waals surface area contributed by atoms with E-state index in [1.165, 1.54) is 12.1 Å². The van der Waals surface area contributed by atoms with Gasteiger partial charge in [-0.3, -0.25) is 9.89 Å². The highest BCUT2D eigenvalue weighted by Crippen LogP contribution is 2.22. The molecule has 0 unspecified atom stereocenters. The number of anilines is 2. The van der Waals surface area contributed by atoms with Crippen LogP contribution in [-0.2, 0) is 13.0 Å². The lowest BCUT2D eigenvalue weighted by Gasteiger charge is -2.14. The Kier molecular flexibility index (Phi) is 7.97. The number of rotatable bonds is 11. The van der Waals surface area contributed by atoms with Crippen LogP contribution in [0.2, 0.25) is 0 Å². The van der Waals surface area contributed by atoms with E-state index in [1.807, 2.05) is 18.2 Å². The molecule has 0 aliphatic heterocycles. The fourth-order valence-corrected chi connectivity index (χ4v) is 3.55. The van der Waals surface area contributed by atoms with Gasteiger partial charge in [-0.1, -0.05) is 18.2 Å². The Morgan fingerprint density at radius 3 is 2.74 bits per heavy atom. The van der Waals surface area contributed by atoms with Gasteiger partial charge in [0.25, 0.3) is 5.91 Å². The number of carbonyl (C=O) groups excluding carboxylic acids is 1. The van der Waals surface area contributed by atoms with Crippen LogP contribution < -0.4 is 21.7 Å². The quantitative estimate of drug-likeness (QED) is 0.226. The van der Waals surface area contributed by atoms with E-state index in [0.29, 0.717) is 48.9 Å². The first-order chi connectivity index (χ1) is 17.1. The van der Waals surface area contributed by atoms with Crippen LogP contribution in [0.15, 0.2) is 67.1 Å². The van der Waals surface area contributed by atoms with Gasteiger partial charge in [-0.2, -0.15) is 5.10 Å². The van der Waals surface area contributed by atoms with Gasteiger partial charge in [-0.15, -0.1) is 0 Å². The lowest BCUT2D eigenvalue weighted by atomic mass is 10.1. The molecule has 1 amide bonds. The standard InChI is InChI=1S/C25H27FN8O/c26-20-5-1-3-17(13-20)8-11-29-24-21(6-7-22(34-24)19-15-32-33-16-19)25(35)31-14-18-4-2-10-28-23(18)30-12-9-27/h1-7,10,13,15-16H,8-9,11-12,14,27H2,(H,28,30)(H,29,34)(H,31,35)(H,32,33). The maximum absolute atomic E-state index is 13.5. The summed E-state index contributed by atoms with van der Waals surface area (Å²) in [7, 11) is 0. The molecule has 0 aliphatic rings. The fourth-order valence-electron chi connectivity index (χ4n) is 3.55. The summed E-state index contributed by atoms with van der Waals surface area (Å²) in [6.45, 7) is 1.81. The van der Waals surface area contributed by atoms with Crippen LogP contribution in [0, 0.1) is 5.82 Å². The summed E-state index contributed by atoms with van der Waals surface area (Å²) in [4.78, 5) is 22.1. The molecule has 1 aromatic carbocycles.